The highest BCUT2D eigenvalue weighted by Gasteiger charge is 2.05. The molecule has 0 fully saturated rings. The fraction of sp³-hybridized carbons (Fsp3) is 0.188. The third kappa shape index (κ3) is 3.99. The van der Waals surface area contributed by atoms with Gasteiger partial charge in [-0.1, -0.05) is 29.8 Å². The maximum atomic E-state index is 11.6. The summed E-state index contributed by atoms with van der Waals surface area (Å²) in [4.78, 5) is 11.6. The number of alkyl halides is 1. The van der Waals surface area contributed by atoms with E-state index in [0.29, 0.717) is 35.2 Å². The monoisotopic (exact) mass is 308 g/mol. The highest BCUT2D eigenvalue weighted by molar-refractivity contribution is 6.31. The summed E-state index contributed by atoms with van der Waals surface area (Å²) < 4.78 is 5.65. The van der Waals surface area contributed by atoms with Crippen molar-refractivity contribution in [2.24, 2.45) is 0 Å². The molecule has 0 aliphatic carbocycles. The first kappa shape index (κ1) is 14.9. The van der Waals surface area contributed by atoms with Gasteiger partial charge in [-0.2, -0.15) is 0 Å². The third-order valence-electron chi connectivity index (χ3n) is 2.85. The number of ether oxygens (including phenoxy) is 1. The maximum absolute atomic E-state index is 11.6. The highest BCUT2D eigenvalue weighted by atomic mass is 35.5. The highest BCUT2D eigenvalue weighted by Crippen LogP contribution is 2.19. The molecule has 2 aromatic carbocycles. The minimum absolute atomic E-state index is 0.0395. The zero-order valence-corrected chi connectivity index (χ0v) is 12.3. The summed E-state index contributed by atoms with van der Waals surface area (Å²) in [7, 11) is 0. The molecule has 0 atom stereocenters. The first-order valence-corrected chi connectivity index (χ1v) is 7.17. The zero-order chi connectivity index (χ0) is 14.4. The topological polar surface area (TPSA) is 26.3 Å². The van der Waals surface area contributed by atoms with Crippen molar-refractivity contribution in [1.82, 2.24) is 0 Å². The second-order valence-corrected chi connectivity index (χ2v) is 5.05. The number of halogens is 2. The SMILES string of the molecule is O=C(CCCl)c1ccc(OCc2ccccc2Cl)cc1. The van der Waals surface area contributed by atoms with E-state index in [1.807, 2.05) is 24.3 Å². The number of hydrogen-bond donors (Lipinski definition) is 0. The van der Waals surface area contributed by atoms with Crippen molar-refractivity contribution in [3.63, 3.8) is 0 Å². The maximum Gasteiger partial charge on any atom is 0.164 e. The molecule has 0 aromatic heterocycles. The van der Waals surface area contributed by atoms with E-state index in [9.17, 15) is 4.79 Å². The van der Waals surface area contributed by atoms with Gasteiger partial charge in [0.2, 0.25) is 0 Å². The summed E-state index contributed by atoms with van der Waals surface area (Å²) >= 11 is 11.6. The summed E-state index contributed by atoms with van der Waals surface area (Å²) in [5.74, 6) is 1.08. The molecule has 0 radical (unpaired) electrons. The molecule has 0 aliphatic rings. The zero-order valence-electron chi connectivity index (χ0n) is 10.8. The molecule has 0 amide bonds. The largest absolute Gasteiger partial charge is 0.489 e. The van der Waals surface area contributed by atoms with Gasteiger partial charge in [0.05, 0.1) is 0 Å². The van der Waals surface area contributed by atoms with Gasteiger partial charge in [0.15, 0.2) is 5.78 Å². The summed E-state index contributed by atoms with van der Waals surface area (Å²) in [5, 5.41) is 0.682. The second-order valence-electron chi connectivity index (χ2n) is 4.27. The van der Waals surface area contributed by atoms with Gasteiger partial charge in [0.25, 0.3) is 0 Å². The van der Waals surface area contributed by atoms with Crippen LogP contribution in [0.4, 0.5) is 0 Å². The minimum Gasteiger partial charge on any atom is -0.489 e. The molecule has 0 N–H and O–H groups in total. The Kier molecular flexibility index (Phi) is 5.45. The van der Waals surface area contributed by atoms with Crippen molar-refractivity contribution < 1.29 is 9.53 Å². The lowest BCUT2D eigenvalue weighted by atomic mass is 10.1. The lowest BCUT2D eigenvalue weighted by molar-refractivity contribution is 0.0989. The van der Waals surface area contributed by atoms with Crippen LogP contribution in [0, 0.1) is 0 Å². The lowest BCUT2D eigenvalue weighted by Crippen LogP contribution is -2.00. The third-order valence-corrected chi connectivity index (χ3v) is 3.41. The molecule has 0 unspecified atom stereocenters. The Morgan fingerprint density at radius 1 is 1.05 bits per heavy atom. The molecule has 2 nitrogen and oxygen atoms in total. The van der Waals surface area contributed by atoms with Gasteiger partial charge in [-0.25, -0.2) is 0 Å². The first-order chi connectivity index (χ1) is 9.70. The van der Waals surface area contributed by atoms with Crippen molar-refractivity contribution in [1.29, 1.82) is 0 Å². The minimum atomic E-state index is 0.0395. The molecule has 2 rings (SSSR count). The van der Waals surface area contributed by atoms with Crippen molar-refractivity contribution in [3.05, 3.63) is 64.7 Å². The van der Waals surface area contributed by atoms with Crippen molar-refractivity contribution in [2.75, 3.05) is 5.88 Å². The standard InChI is InChI=1S/C16H14Cl2O2/c17-10-9-16(19)12-5-7-14(8-6-12)20-11-13-3-1-2-4-15(13)18/h1-8H,9-11H2. The molecule has 0 aliphatic heterocycles. The van der Waals surface area contributed by atoms with Gasteiger partial charge >= 0.3 is 0 Å². The molecular formula is C16H14Cl2O2. The normalized spacial score (nSPS) is 10.3. The lowest BCUT2D eigenvalue weighted by Gasteiger charge is -2.08. The van der Waals surface area contributed by atoms with E-state index in [0.717, 1.165) is 5.56 Å². The van der Waals surface area contributed by atoms with E-state index in [2.05, 4.69) is 0 Å². The van der Waals surface area contributed by atoms with Crippen molar-refractivity contribution in [2.45, 2.75) is 13.0 Å². The van der Waals surface area contributed by atoms with Crippen molar-refractivity contribution >= 4 is 29.0 Å². The van der Waals surface area contributed by atoms with Crippen LogP contribution in [0.5, 0.6) is 5.75 Å². The molecule has 2 aromatic rings. The van der Waals surface area contributed by atoms with Gasteiger partial charge in [0, 0.05) is 28.5 Å². The molecule has 20 heavy (non-hydrogen) atoms. The van der Waals surface area contributed by atoms with E-state index >= 15 is 0 Å². The summed E-state index contributed by atoms with van der Waals surface area (Å²) in [6.07, 6.45) is 0.349. The molecule has 0 spiro atoms. The van der Waals surface area contributed by atoms with E-state index in [4.69, 9.17) is 27.9 Å². The molecule has 0 saturated carbocycles. The Morgan fingerprint density at radius 2 is 1.75 bits per heavy atom. The Morgan fingerprint density at radius 3 is 2.40 bits per heavy atom. The molecule has 104 valence electrons. The van der Waals surface area contributed by atoms with Gasteiger partial charge < -0.3 is 4.74 Å². The Balaban J connectivity index is 1.98. The molecular weight excluding hydrogens is 295 g/mol. The molecule has 0 heterocycles. The fourth-order valence-electron chi connectivity index (χ4n) is 1.74. The number of rotatable bonds is 6. The van der Waals surface area contributed by atoms with Crippen LogP contribution in [0.15, 0.2) is 48.5 Å². The fourth-order valence-corrected chi connectivity index (χ4v) is 2.11. The van der Waals surface area contributed by atoms with E-state index < -0.39 is 0 Å². The predicted molar refractivity (Wildman–Crippen MR) is 81.9 cm³/mol. The van der Waals surface area contributed by atoms with Crippen LogP contribution in [0.25, 0.3) is 0 Å². The average Bonchev–Trinajstić information content (AvgIpc) is 2.47. The Bertz CT molecular complexity index is 579. The van der Waals surface area contributed by atoms with Crippen LogP contribution in [-0.4, -0.2) is 11.7 Å². The number of carbonyl (C=O) groups is 1. The van der Waals surface area contributed by atoms with Gasteiger partial charge in [0.1, 0.15) is 12.4 Å². The Labute approximate surface area is 128 Å². The number of carbonyl (C=O) groups excluding carboxylic acids is 1. The predicted octanol–water partition coefficient (Wildman–Crippen LogP) is 4.73. The van der Waals surface area contributed by atoms with Crippen LogP contribution in [0.1, 0.15) is 22.3 Å². The van der Waals surface area contributed by atoms with Gasteiger partial charge in [-0.3, -0.25) is 4.79 Å². The van der Waals surface area contributed by atoms with E-state index in [-0.39, 0.29) is 5.78 Å². The van der Waals surface area contributed by atoms with E-state index in [1.165, 1.54) is 0 Å². The van der Waals surface area contributed by atoms with E-state index in [1.54, 1.807) is 24.3 Å². The summed E-state index contributed by atoms with van der Waals surface area (Å²) in [6, 6.07) is 14.6. The Hall–Kier alpha value is -1.51. The van der Waals surface area contributed by atoms with Gasteiger partial charge in [-0.05, 0) is 30.3 Å². The van der Waals surface area contributed by atoms with Crippen molar-refractivity contribution in [3.8, 4) is 5.75 Å². The smallest absolute Gasteiger partial charge is 0.164 e. The summed E-state index contributed by atoms with van der Waals surface area (Å²) in [6.45, 7) is 0.397. The average molecular weight is 309 g/mol. The van der Waals surface area contributed by atoms with Gasteiger partial charge in [-0.15, -0.1) is 11.6 Å². The number of Topliss-reactive ketones (excluding diaryl/α,β-unsaturated/α-hetero) is 1. The molecule has 4 heteroatoms. The quantitative estimate of drug-likeness (QED) is 0.569. The van der Waals surface area contributed by atoms with Crippen LogP contribution >= 0.6 is 23.2 Å². The molecule has 0 saturated heterocycles. The number of ketones is 1. The molecule has 0 bridgehead atoms. The van der Waals surface area contributed by atoms with Crippen LogP contribution in [0.3, 0.4) is 0 Å². The van der Waals surface area contributed by atoms with Crippen LogP contribution in [-0.2, 0) is 6.61 Å². The second kappa shape index (κ2) is 7.32. The number of hydrogen-bond acceptors (Lipinski definition) is 2. The number of benzene rings is 2. The van der Waals surface area contributed by atoms with Crippen LogP contribution < -0.4 is 4.74 Å². The first-order valence-electron chi connectivity index (χ1n) is 6.26. The van der Waals surface area contributed by atoms with Crippen LogP contribution in [0.2, 0.25) is 5.02 Å². The summed E-state index contributed by atoms with van der Waals surface area (Å²) in [5.41, 5.74) is 1.58.